The fourth-order valence-corrected chi connectivity index (χ4v) is 0. The fourth-order valence-electron chi connectivity index (χ4n) is 0. The molecular weight excluding hydrogens is 731 g/mol. The third-order valence-corrected chi connectivity index (χ3v) is 0. The first-order chi connectivity index (χ1) is 15.6. The van der Waals surface area contributed by atoms with Gasteiger partial charge in [0.05, 0.1) is 0 Å². The van der Waals surface area contributed by atoms with Crippen LogP contribution in [0.4, 0.5) is 0 Å². The van der Waals surface area contributed by atoms with E-state index in [1.54, 1.807) is 0 Å². The molecule has 0 saturated carbocycles. The topological polar surface area (TPSA) is 518 Å². The second kappa shape index (κ2) is 65.0. The predicted molar refractivity (Wildman–Crippen MR) is 100 cm³/mol. The van der Waals surface area contributed by atoms with E-state index in [9.17, 15) is 0 Å². The first-order valence-electron chi connectivity index (χ1n) is 5.86. The van der Waals surface area contributed by atoms with Crippen LogP contribution in [-0.2, 0) is 40.2 Å². The molecule has 0 aromatic carbocycles. The van der Waals surface area contributed by atoms with Crippen LogP contribution in [0.2, 0.25) is 0 Å². The molecule has 0 aromatic heterocycles. The molecular formula is H20Na2O27Si9. The van der Waals surface area contributed by atoms with Crippen LogP contribution in [-0.4, -0.2) is 169 Å². The van der Waals surface area contributed by atoms with E-state index < -0.39 is 82.5 Å². The molecule has 0 aliphatic carbocycles. The molecule has 0 aromatic rings. The first kappa shape index (κ1) is 70.8. The van der Waals surface area contributed by atoms with Crippen molar-refractivity contribution in [1.29, 1.82) is 0 Å². The quantitative estimate of drug-likeness (QED) is 0.102. The van der Waals surface area contributed by atoms with Gasteiger partial charge in [0.1, 0.15) is 0 Å². The summed E-state index contributed by atoms with van der Waals surface area (Å²) in [5, 5.41) is 0. The van der Waals surface area contributed by atoms with Gasteiger partial charge < -0.3 is 89.2 Å². The van der Waals surface area contributed by atoms with Crippen LogP contribution in [0, 0.1) is 0 Å². The molecule has 0 aliphatic rings. The Morgan fingerprint density at radius 2 is 0.211 bits per heavy atom. The third kappa shape index (κ3) is 18500. The van der Waals surface area contributed by atoms with Crippen molar-refractivity contribution < 1.29 is 188 Å². The van der Waals surface area contributed by atoms with Crippen LogP contribution in [0.5, 0.6) is 0 Å². The molecule has 220 valence electrons. The summed E-state index contributed by atoms with van der Waals surface area (Å²) in [6, 6.07) is 0. The van der Waals surface area contributed by atoms with Gasteiger partial charge in [0.2, 0.25) is 0 Å². The molecule has 0 bridgehead atoms. The minimum Gasteiger partial charge on any atom is -1.00 e. The molecule has 0 atom stereocenters. The van der Waals surface area contributed by atoms with Gasteiger partial charge >= 0.3 is 142 Å². The van der Waals surface area contributed by atoms with Crippen molar-refractivity contribution in [3.8, 4) is 0 Å². The molecule has 0 heterocycles. The summed E-state index contributed by atoms with van der Waals surface area (Å²) in [6.07, 6.45) is 0. The van der Waals surface area contributed by atoms with Crippen molar-refractivity contribution >= 4 is 82.5 Å². The summed E-state index contributed by atoms with van der Waals surface area (Å²) >= 11 is 0. The van der Waals surface area contributed by atoms with Crippen molar-refractivity contribution in [3.63, 3.8) is 0 Å². The summed E-state index contributed by atoms with van der Waals surface area (Å²) in [6.45, 7) is 0. The minimum atomic E-state index is -3.13. The normalized spacial score (nSPS) is 5.68. The molecule has 38 heteroatoms. The fraction of sp³-hybridized carbons (Fsp3) is 0. The zero-order valence-electron chi connectivity index (χ0n) is 20.2. The van der Waals surface area contributed by atoms with Gasteiger partial charge in [0.15, 0.2) is 0 Å². The van der Waals surface area contributed by atoms with Crippen LogP contribution in [0.1, 0.15) is 2.85 Å². The van der Waals surface area contributed by atoms with Crippen molar-refractivity contribution in [3.05, 3.63) is 0 Å². The number of rotatable bonds is 0. The van der Waals surface area contributed by atoms with Gasteiger partial charge in [0, 0.05) is 0 Å². The summed E-state index contributed by atoms with van der Waals surface area (Å²) in [7, 11) is -28.2. The Kier molecular flexibility index (Phi) is 121. The van der Waals surface area contributed by atoms with E-state index in [4.69, 9.17) is 126 Å². The van der Waals surface area contributed by atoms with Crippen molar-refractivity contribution in [2.45, 2.75) is 0 Å². The maximum atomic E-state index is 8.74. The van der Waals surface area contributed by atoms with Crippen molar-refractivity contribution in [2.24, 2.45) is 0 Å². The molecule has 18 N–H and O–H groups in total. The van der Waals surface area contributed by atoms with E-state index in [0.717, 1.165) is 0 Å². The molecule has 0 aliphatic heterocycles. The molecule has 0 radical (unpaired) electrons. The second-order valence-electron chi connectivity index (χ2n) is 2.54. The van der Waals surface area contributed by atoms with Crippen LogP contribution < -0.4 is 59.1 Å². The van der Waals surface area contributed by atoms with E-state index in [0.29, 0.717) is 0 Å². The van der Waals surface area contributed by atoms with Gasteiger partial charge in [-0.25, -0.2) is 0 Å². The standard InChI is InChI=1S/2Na.9H2O3Si.2H/c;;9*1-4(2)3;;/h;;9*1-2H;;/q2*+1;;;;;;;;;;2*-1. The predicted octanol–water partition coefficient (Wildman–Crippen LogP) is -20.3. The van der Waals surface area contributed by atoms with Gasteiger partial charge in [-0.2, -0.15) is 0 Å². The monoisotopic (exact) mass is 750 g/mol. The van der Waals surface area contributed by atoms with Crippen LogP contribution >= 0.6 is 0 Å². The van der Waals surface area contributed by atoms with E-state index in [1.807, 2.05) is 0 Å². The molecule has 38 heavy (non-hydrogen) atoms. The number of hydrogen-bond acceptors (Lipinski definition) is 9. The summed E-state index contributed by atoms with van der Waals surface area (Å²) < 4.78 is 78.7. The molecule has 0 saturated heterocycles. The molecule has 27 nitrogen and oxygen atoms in total. The molecule has 0 spiro atoms. The average molecular weight is 751 g/mol. The van der Waals surface area contributed by atoms with Crippen LogP contribution in [0.3, 0.4) is 0 Å². The first-order valence-corrected chi connectivity index (χ1v) is 17.6. The van der Waals surface area contributed by atoms with Gasteiger partial charge in [0.25, 0.3) is 0 Å². The van der Waals surface area contributed by atoms with E-state index in [2.05, 4.69) is 0 Å². The Bertz CT molecular complexity index is 430. The minimum absolute atomic E-state index is 0. The SMILES string of the molecule is O=[Si](O)O.O=[Si](O)O.O=[Si](O)O.O=[Si](O)O.O=[Si](O)O.O=[Si](O)O.O=[Si](O)O.O=[Si](O)O.O=[Si](O)O.[H-].[H-].[Na+].[Na+]. The van der Waals surface area contributed by atoms with Crippen molar-refractivity contribution in [2.75, 3.05) is 0 Å². The maximum Gasteiger partial charge on any atom is 1.00 e. The Hall–Kier alpha value is -1.45. The Morgan fingerprint density at radius 3 is 0.211 bits per heavy atom. The van der Waals surface area contributed by atoms with E-state index in [-0.39, 0.29) is 62.0 Å². The maximum absolute atomic E-state index is 8.74. The Labute approximate surface area is 269 Å². The van der Waals surface area contributed by atoms with Crippen molar-refractivity contribution in [1.82, 2.24) is 0 Å². The number of hydrogen-bond donors (Lipinski definition) is 18. The molecule has 0 amide bonds. The molecule has 0 fully saturated rings. The third-order valence-electron chi connectivity index (χ3n) is 0. The molecule has 0 rings (SSSR count). The van der Waals surface area contributed by atoms with Gasteiger partial charge in [-0.3, -0.25) is 40.2 Å². The second-order valence-corrected chi connectivity index (χ2v) is 7.63. The Balaban J connectivity index is -0.0000000184. The smallest absolute Gasteiger partial charge is 1.00 e. The zero-order chi connectivity index (χ0) is 32.2. The van der Waals surface area contributed by atoms with Crippen LogP contribution in [0.15, 0.2) is 0 Å². The van der Waals surface area contributed by atoms with Gasteiger partial charge in [-0.1, -0.05) is 0 Å². The summed E-state index contributed by atoms with van der Waals surface area (Å²) in [4.78, 5) is 129. The summed E-state index contributed by atoms with van der Waals surface area (Å²) in [5.41, 5.74) is 0. The van der Waals surface area contributed by atoms with Crippen LogP contribution in [0.25, 0.3) is 0 Å². The van der Waals surface area contributed by atoms with E-state index in [1.165, 1.54) is 0 Å². The largest absolute Gasteiger partial charge is 1.00 e. The zero-order valence-corrected chi connectivity index (χ0v) is 31.2. The van der Waals surface area contributed by atoms with Gasteiger partial charge in [-0.05, 0) is 0 Å². The Morgan fingerprint density at radius 1 is 0.211 bits per heavy atom. The summed E-state index contributed by atoms with van der Waals surface area (Å²) in [5.74, 6) is 0. The van der Waals surface area contributed by atoms with Gasteiger partial charge in [-0.15, -0.1) is 0 Å². The average Bonchev–Trinajstić information content (AvgIpc) is 2.39. The van der Waals surface area contributed by atoms with E-state index >= 15 is 0 Å². The molecule has 0 unspecified atom stereocenters.